The standard InChI is InChI=1S/C19H17FN2O2/c1-22(14-16-2-7-17(20)8-3-16)19(23)11-6-15-4-9-18(10-5-15)24-13-12-21/h2-11H,13-14H2,1H3/b11-6+. The molecule has 0 heterocycles. The van der Waals surface area contributed by atoms with Gasteiger partial charge in [-0.15, -0.1) is 0 Å². The number of carbonyl (C=O) groups is 1. The van der Waals surface area contributed by atoms with Gasteiger partial charge in [0, 0.05) is 19.7 Å². The summed E-state index contributed by atoms with van der Waals surface area (Å²) in [5.41, 5.74) is 1.71. The monoisotopic (exact) mass is 324 g/mol. The molecule has 0 spiro atoms. The van der Waals surface area contributed by atoms with Gasteiger partial charge in [0.25, 0.3) is 0 Å². The Labute approximate surface area is 140 Å². The van der Waals surface area contributed by atoms with Crippen LogP contribution < -0.4 is 4.74 Å². The quantitative estimate of drug-likeness (QED) is 0.765. The fourth-order valence-electron chi connectivity index (χ4n) is 2.03. The van der Waals surface area contributed by atoms with E-state index in [4.69, 9.17) is 10.00 Å². The molecular formula is C19H17FN2O2. The van der Waals surface area contributed by atoms with E-state index in [0.717, 1.165) is 11.1 Å². The lowest BCUT2D eigenvalue weighted by Crippen LogP contribution is -2.24. The highest BCUT2D eigenvalue weighted by molar-refractivity contribution is 5.91. The summed E-state index contributed by atoms with van der Waals surface area (Å²) in [5.74, 6) is 0.160. The van der Waals surface area contributed by atoms with Crippen LogP contribution in [0.1, 0.15) is 11.1 Å². The van der Waals surface area contributed by atoms with Gasteiger partial charge in [-0.3, -0.25) is 4.79 Å². The van der Waals surface area contributed by atoms with Crippen LogP contribution in [-0.2, 0) is 11.3 Å². The fourth-order valence-corrected chi connectivity index (χ4v) is 2.03. The Bertz CT molecular complexity index is 746. The van der Waals surface area contributed by atoms with Gasteiger partial charge in [-0.1, -0.05) is 24.3 Å². The third kappa shape index (κ3) is 5.25. The number of nitrogens with zero attached hydrogens (tertiary/aromatic N) is 2. The van der Waals surface area contributed by atoms with E-state index < -0.39 is 0 Å². The van der Waals surface area contributed by atoms with Crippen LogP contribution in [0.25, 0.3) is 6.08 Å². The van der Waals surface area contributed by atoms with E-state index in [1.807, 2.05) is 6.07 Å². The van der Waals surface area contributed by atoms with Crippen LogP contribution in [-0.4, -0.2) is 24.5 Å². The minimum Gasteiger partial charge on any atom is -0.479 e. The van der Waals surface area contributed by atoms with Gasteiger partial charge in [-0.2, -0.15) is 5.26 Å². The second kappa shape index (κ2) is 8.49. The fraction of sp³-hybridized carbons (Fsp3) is 0.158. The number of benzene rings is 2. The number of ether oxygens (including phenoxy) is 1. The third-order valence-electron chi connectivity index (χ3n) is 3.31. The van der Waals surface area contributed by atoms with Gasteiger partial charge >= 0.3 is 0 Å². The maximum atomic E-state index is 12.9. The second-order valence-corrected chi connectivity index (χ2v) is 5.17. The van der Waals surface area contributed by atoms with Crippen LogP contribution in [0.15, 0.2) is 54.6 Å². The van der Waals surface area contributed by atoms with Gasteiger partial charge < -0.3 is 9.64 Å². The van der Waals surface area contributed by atoms with Crippen LogP contribution in [0.5, 0.6) is 5.75 Å². The first-order chi connectivity index (χ1) is 11.6. The van der Waals surface area contributed by atoms with E-state index >= 15 is 0 Å². The maximum Gasteiger partial charge on any atom is 0.246 e. The SMILES string of the molecule is CN(Cc1ccc(F)cc1)C(=O)/C=C/c1ccc(OCC#N)cc1. The Morgan fingerprint density at radius 1 is 1.21 bits per heavy atom. The predicted octanol–water partition coefficient (Wildman–Crippen LogP) is 3.40. The summed E-state index contributed by atoms with van der Waals surface area (Å²) in [4.78, 5) is 13.6. The lowest BCUT2D eigenvalue weighted by Gasteiger charge is -2.15. The van der Waals surface area contributed by atoms with Crippen molar-refractivity contribution in [1.29, 1.82) is 5.26 Å². The van der Waals surface area contributed by atoms with E-state index in [1.54, 1.807) is 54.4 Å². The number of hydrogen-bond acceptors (Lipinski definition) is 3. The summed E-state index contributed by atoms with van der Waals surface area (Å²) in [6.45, 7) is 0.409. The molecule has 0 fully saturated rings. The zero-order valence-corrected chi connectivity index (χ0v) is 13.3. The molecule has 0 radical (unpaired) electrons. The van der Waals surface area contributed by atoms with Crippen molar-refractivity contribution in [2.75, 3.05) is 13.7 Å². The van der Waals surface area contributed by atoms with Crippen molar-refractivity contribution in [2.45, 2.75) is 6.54 Å². The minimum atomic E-state index is -0.296. The molecule has 5 heteroatoms. The Morgan fingerprint density at radius 3 is 2.50 bits per heavy atom. The molecule has 0 aliphatic rings. The highest BCUT2D eigenvalue weighted by atomic mass is 19.1. The van der Waals surface area contributed by atoms with Crippen LogP contribution in [0, 0.1) is 17.1 Å². The molecule has 0 aliphatic heterocycles. The molecule has 2 rings (SSSR count). The summed E-state index contributed by atoms with van der Waals surface area (Å²) >= 11 is 0. The number of rotatable bonds is 6. The zero-order valence-electron chi connectivity index (χ0n) is 13.3. The number of halogens is 1. The topological polar surface area (TPSA) is 53.3 Å². The van der Waals surface area contributed by atoms with Crippen molar-refractivity contribution in [1.82, 2.24) is 4.90 Å². The molecule has 2 aromatic carbocycles. The van der Waals surface area contributed by atoms with Crippen molar-refractivity contribution in [2.24, 2.45) is 0 Å². The maximum absolute atomic E-state index is 12.9. The Hall–Kier alpha value is -3.13. The molecule has 24 heavy (non-hydrogen) atoms. The Morgan fingerprint density at radius 2 is 1.88 bits per heavy atom. The van der Waals surface area contributed by atoms with Crippen molar-refractivity contribution < 1.29 is 13.9 Å². The number of hydrogen-bond donors (Lipinski definition) is 0. The normalized spacial score (nSPS) is 10.4. The van der Waals surface area contributed by atoms with Crippen LogP contribution in [0.3, 0.4) is 0 Å². The highest BCUT2D eigenvalue weighted by Crippen LogP contribution is 2.13. The molecule has 1 amide bonds. The van der Waals surface area contributed by atoms with Gasteiger partial charge in [-0.25, -0.2) is 4.39 Å². The van der Waals surface area contributed by atoms with Crippen molar-refractivity contribution in [3.8, 4) is 11.8 Å². The summed E-state index contributed by atoms with van der Waals surface area (Å²) < 4.78 is 18.0. The Kier molecular flexibility index (Phi) is 6.09. The molecule has 0 aliphatic carbocycles. The lowest BCUT2D eigenvalue weighted by molar-refractivity contribution is -0.125. The largest absolute Gasteiger partial charge is 0.479 e. The zero-order chi connectivity index (χ0) is 17.4. The molecule has 0 saturated heterocycles. The van der Waals surface area contributed by atoms with E-state index in [-0.39, 0.29) is 18.3 Å². The van der Waals surface area contributed by atoms with Gasteiger partial charge in [0.1, 0.15) is 17.6 Å². The average Bonchev–Trinajstić information content (AvgIpc) is 2.60. The molecule has 0 N–H and O–H groups in total. The number of amides is 1. The molecule has 122 valence electrons. The first-order valence-electron chi connectivity index (χ1n) is 7.36. The van der Waals surface area contributed by atoms with Gasteiger partial charge in [0.15, 0.2) is 6.61 Å². The van der Waals surface area contributed by atoms with Crippen LogP contribution in [0.4, 0.5) is 4.39 Å². The van der Waals surface area contributed by atoms with Crippen molar-refractivity contribution >= 4 is 12.0 Å². The van der Waals surface area contributed by atoms with Gasteiger partial charge in [-0.05, 0) is 41.5 Å². The molecule has 0 unspecified atom stereocenters. The van der Waals surface area contributed by atoms with Crippen molar-refractivity contribution in [3.05, 3.63) is 71.6 Å². The highest BCUT2D eigenvalue weighted by Gasteiger charge is 2.06. The van der Waals surface area contributed by atoms with E-state index in [0.29, 0.717) is 12.3 Å². The second-order valence-electron chi connectivity index (χ2n) is 5.17. The van der Waals surface area contributed by atoms with E-state index in [9.17, 15) is 9.18 Å². The van der Waals surface area contributed by atoms with E-state index in [1.165, 1.54) is 18.2 Å². The average molecular weight is 324 g/mol. The smallest absolute Gasteiger partial charge is 0.246 e. The molecule has 0 bridgehead atoms. The van der Waals surface area contributed by atoms with Gasteiger partial charge in [0.05, 0.1) is 0 Å². The molecule has 0 saturated carbocycles. The van der Waals surface area contributed by atoms with Crippen LogP contribution >= 0.6 is 0 Å². The van der Waals surface area contributed by atoms with E-state index in [2.05, 4.69) is 0 Å². The number of nitriles is 1. The summed E-state index contributed by atoms with van der Waals surface area (Å²) in [7, 11) is 1.69. The first kappa shape index (κ1) is 17.2. The molecule has 0 atom stereocenters. The number of carbonyl (C=O) groups excluding carboxylic acids is 1. The summed E-state index contributed by atoms with van der Waals surface area (Å²) in [6.07, 6.45) is 3.19. The molecular weight excluding hydrogens is 307 g/mol. The van der Waals surface area contributed by atoms with Gasteiger partial charge in [0.2, 0.25) is 5.91 Å². The lowest BCUT2D eigenvalue weighted by atomic mass is 10.2. The molecule has 2 aromatic rings. The third-order valence-corrected chi connectivity index (χ3v) is 3.31. The Balaban J connectivity index is 1.91. The molecule has 0 aromatic heterocycles. The number of likely N-dealkylation sites (N-methyl/N-ethyl adjacent to an activating group) is 1. The summed E-state index contributed by atoms with van der Waals surface area (Å²) in [5, 5.41) is 8.45. The predicted molar refractivity (Wildman–Crippen MR) is 89.5 cm³/mol. The summed E-state index contributed by atoms with van der Waals surface area (Å²) in [6, 6.07) is 15.0. The molecule has 4 nitrogen and oxygen atoms in total. The first-order valence-corrected chi connectivity index (χ1v) is 7.36. The van der Waals surface area contributed by atoms with Crippen LogP contribution in [0.2, 0.25) is 0 Å². The van der Waals surface area contributed by atoms with Crippen molar-refractivity contribution in [3.63, 3.8) is 0 Å². The minimum absolute atomic E-state index is 0.00184.